The van der Waals surface area contributed by atoms with Crippen LogP contribution in [0.4, 0.5) is 10.1 Å². The van der Waals surface area contributed by atoms with Crippen molar-refractivity contribution in [2.45, 2.75) is 13.0 Å². The second-order valence-corrected chi connectivity index (χ2v) is 6.57. The van der Waals surface area contributed by atoms with E-state index in [1.54, 1.807) is 31.2 Å². The lowest BCUT2D eigenvalue weighted by atomic mass is 10.2. The Balaban J connectivity index is 1.39. The van der Waals surface area contributed by atoms with E-state index in [0.29, 0.717) is 23.2 Å². The molecule has 1 N–H and O–H groups in total. The molecule has 0 spiro atoms. The van der Waals surface area contributed by atoms with Crippen molar-refractivity contribution in [2.75, 3.05) is 5.32 Å². The summed E-state index contributed by atoms with van der Waals surface area (Å²) >= 11 is 0. The average molecular weight is 403 g/mol. The number of amides is 1. The minimum Gasteiger partial charge on any atom is -0.481 e. The van der Waals surface area contributed by atoms with E-state index in [9.17, 15) is 9.18 Å². The quantitative estimate of drug-likeness (QED) is 0.493. The largest absolute Gasteiger partial charge is 0.481 e. The van der Waals surface area contributed by atoms with Gasteiger partial charge in [-0.3, -0.25) is 4.79 Å². The number of nitrogens with one attached hydrogen (secondary N) is 1. The Kier molecular flexibility index (Phi) is 5.52. The molecule has 4 aromatic rings. The van der Waals surface area contributed by atoms with Gasteiger partial charge in [-0.25, -0.2) is 4.39 Å². The number of aromatic nitrogens is 2. The summed E-state index contributed by atoms with van der Waals surface area (Å²) in [6.45, 7) is 1.62. The molecule has 150 valence electrons. The van der Waals surface area contributed by atoms with Gasteiger partial charge in [0.15, 0.2) is 6.10 Å². The van der Waals surface area contributed by atoms with Gasteiger partial charge in [0.1, 0.15) is 11.6 Å². The molecular formula is C23H18FN3O3. The van der Waals surface area contributed by atoms with Gasteiger partial charge in [-0.15, -0.1) is 0 Å². The maximum Gasteiger partial charge on any atom is 0.265 e. The van der Waals surface area contributed by atoms with Crippen molar-refractivity contribution in [1.82, 2.24) is 10.1 Å². The highest BCUT2D eigenvalue weighted by Gasteiger charge is 2.16. The van der Waals surface area contributed by atoms with Crippen molar-refractivity contribution in [3.63, 3.8) is 0 Å². The molecule has 7 heteroatoms. The van der Waals surface area contributed by atoms with Crippen LogP contribution in [0.3, 0.4) is 0 Å². The molecule has 0 saturated heterocycles. The molecule has 1 atom stereocenters. The Morgan fingerprint density at radius 3 is 2.37 bits per heavy atom. The van der Waals surface area contributed by atoms with E-state index < -0.39 is 6.10 Å². The van der Waals surface area contributed by atoms with Gasteiger partial charge in [0.25, 0.3) is 11.8 Å². The zero-order valence-electron chi connectivity index (χ0n) is 16.1. The minimum absolute atomic E-state index is 0.323. The van der Waals surface area contributed by atoms with Crippen molar-refractivity contribution >= 4 is 11.6 Å². The van der Waals surface area contributed by atoms with E-state index in [2.05, 4.69) is 15.5 Å². The zero-order valence-corrected chi connectivity index (χ0v) is 16.1. The first kappa shape index (κ1) is 19.3. The van der Waals surface area contributed by atoms with E-state index in [4.69, 9.17) is 9.26 Å². The van der Waals surface area contributed by atoms with Crippen LogP contribution in [0.25, 0.3) is 22.8 Å². The van der Waals surface area contributed by atoms with E-state index in [0.717, 1.165) is 11.1 Å². The van der Waals surface area contributed by atoms with E-state index >= 15 is 0 Å². The fourth-order valence-electron chi connectivity index (χ4n) is 2.76. The topological polar surface area (TPSA) is 77.2 Å². The van der Waals surface area contributed by atoms with Gasteiger partial charge in [-0.2, -0.15) is 4.98 Å². The van der Waals surface area contributed by atoms with Gasteiger partial charge in [-0.05, 0) is 55.5 Å². The second kappa shape index (κ2) is 8.57. The highest BCUT2D eigenvalue weighted by Crippen LogP contribution is 2.23. The maximum absolute atomic E-state index is 13.0. The fourth-order valence-corrected chi connectivity index (χ4v) is 2.76. The van der Waals surface area contributed by atoms with Crippen LogP contribution in [0, 0.1) is 5.82 Å². The molecule has 0 fully saturated rings. The smallest absolute Gasteiger partial charge is 0.265 e. The molecule has 0 aliphatic rings. The first-order chi connectivity index (χ1) is 14.6. The van der Waals surface area contributed by atoms with Gasteiger partial charge >= 0.3 is 0 Å². The van der Waals surface area contributed by atoms with Gasteiger partial charge in [0.05, 0.1) is 0 Å². The number of rotatable bonds is 6. The summed E-state index contributed by atoms with van der Waals surface area (Å²) in [5, 5.41) is 6.78. The van der Waals surface area contributed by atoms with Crippen LogP contribution in [-0.2, 0) is 4.79 Å². The first-order valence-electron chi connectivity index (χ1n) is 9.31. The molecule has 6 nitrogen and oxygen atoms in total. The number of hydrogen-bond acceptors (Lipinski definition) is 5. The first-order valence-corrected chi connectivity index (χ1v) is 9.31. The molecule has 0 aliphatic heterocycles. The Hall–Kier alpha value is -4.00. The number of benzene rings is 3. The average Bonchev–Trinajstić information content (AvgIpc) is 3.27. The molecular weight excluding hydrogens is 385 g/mol. The monoisotopic (exact) mass is 403 g/mol. The summed E-state index contributed by atoms with van der Waals surface area (Å²) in [5.74, 6) is 0.627. The molecule has 0 bridgehead atoms. The SMILES string of the molecule is C[C@H](Oc1ccc(F)cc1)C(=O)Nc1ccc(-c2nc(-c3ccccc3)no2)cc1. The van der Waals surface area contributed by atoms with Crippen LogP contribution in [-0.4, -0.2) is 22.2 Å². The third-order valence-electron chi connectivity index (χ3n) is 4.35. The summed E-state index contributed by atoms with van der Waals surface area (Å²) in [6.07, 6.45) is -0.750. The fraction of sp³-hybridized carbons (Fsp3) is 0.0870. The number of carbonyl (C=O) groups excluding carboxylic acids is 1. The van der Waals surface area contributed by atoms with Crippen LogP contribution in [0.15, 0.2) is 83.4 Å². The summed E-state index contributed by atoms with van der Waals surface area (Å²) < 4.78 is 23.8. The molecule has 1 amide bonds. The molecule has 4 rings (SSSR count). The molecule has 30 heavy (non-hydrogen) atoms. The molecule has 0 radical (unpaired) electrons. The van der Waals surface area contributed by atoms with Gasteiger partial charge in [0, 0.05) is 16.8 Å². The number of nitrogens with zero attached hydrogens (tertiary/aromatic N) is 2. The standard InChI is InChI=1S/C23H18FN3O3/c1-15(29-20-13-9-18(24)10-14-20)22(28)25-19-11-7-17(8-12-19)23-26-21(27-30-23)16-5-3-2-4-6-16/h2-15H,1H3,(H,25,28)/t15-/m0/s1. The number of ether oxygens (including phenoxy) is 1. The lowest BCUT2D eigenvalue weighted by Crippen LogP contribution is -2.30. The van der Waals surface area contributed by atoms with Crippen molar-refractivity contribution < 1.29 is 18.4 Å². The summed E-state index contributed by atoms with van der Waals surface area (Å²) in [7, 11) is 0. The second-order valence-electron chi connectivity index (χ2n) is 6.57. The zero-order chi connectivity index (χ0) is 20.9. The normalized spacial score (nSPS) is 11.7. The summed E-state index contributed by atoms with van der Waals surface area (Å²) in [4.78, 5) is 16.8. The van der Waals surface area contributed by atoms with E-state index in [-0.39, 0.29) is 11.7 Å². The molecule has 0 unspecified atom stereocenters. The van der Waals surface area contributed by atoms with Gasteiger partial charge in [-0.1, -0.05) is 35.5 Å². The summed E-state index contributed by atoms with van der Waals surface area (Å²) in [5.41, 5.74) is 2.20. The van der Waals surface area contributed by atoms with Crippen LogP contribution >= 0.6 is 0 Å². The molecule has 1 heterocycles. The van der Waals surface area contributed by atoms with Crippen LogP contribution < -0.4 is 10.1 Å². The van der Waals surface area contributed by atoms with Crippen LogP contribution in [0.2, 0.25) is 0 Å². The highest BCUT2D eigenvalue weighted by atomic mass is 19.1. The van der Waals surface area contributed by atoms with Crippen molar-refractivity contribution in [3.05, 3.63) is 84.7 Å². The summed E-state index contributed by atoms with van der Waals surface area (Å²) in [6, 6.07) is 22.1. The minimum atomic E-state index is -0.750. The Morgan fingerprint density at radius 1 is 0.967 bits per heavy atom. The Labute approximate surface area is 172 Å². The lowest BCUT2D eigenvalue weighted by molar-refractivity contribution is -0.122. The van der Waals surface area contributed by atoms with E-state index in [1.165, 1.54) is 24.3 Å². The number of hydrogen-bond donors (Lipinski definition) is 1. The van der Waals surface area contributed by atoms with Crippen molar-refractivity contribution in [3.8, 4) is 28.6 Å². The van der Waals surface area contributed by atoms with Gasteiger partial charge in [0.2, 0.25) is 5.82 Å². The van der Waals surface area contributed by atoms with Crippen LogP contribution in [0.1, 0.15) is 6.92 Å². The Bertz CT molecular complexity index is 1130. The molecule has 0 saturated carbocycles. The highest BCUT2D eigenvalue weighted by molar-refractivity contribution is 5.94. The third-order valence-corrected chi connectivity index (χ3v) is 4.35. The maximum atomic E-state index is 13.0. The predicted octanol–water partition coefficient (Wildman–Crippen LogP) is 4.95. The third kappa shape index (κ3) is 4.52. The molecule has 3 aromatic carbocycles. The van der Waals surface area contributed by atoms with E-state index in [1.807, 2.05) is 30.3 Å². The predicted molar refractivity (Wildman–Crippen MR) is 110 cm³/mol. The number of carbonyl (C=O) groups is 1. The number of halogens is 1. The van der Waals surface area contributed by atoms with Crippen molar-refractivity contribution in [1.29, 1.82) is 0 Å². The van der Waals surface area contributed by atoms with Gasteiger partial charge < -0.3 is 14.6 Å². The van der Waals surface area contributed by atoms with Crippen molar-refractivity contribution in [2.24, 2.45) is 0 Å². The molecule has 0 aliphatic carbocycles. The lowest BCUT2D eigenvalue weighted by Gasteiger charge is -2.14. The molecule has 1 aromatic heterocycles. The Morgan fingerprint density at radius 2 is 1.67 bits per heavy atom. The number of anilines is 1. The van der Waals surface area contributed by atoms with Crippen LogP contribution in [0.5, 0.6) is 5.75 Å².